The average Bonchev–Trinajstić information content (AvgIpc) is 2.63. The monoisotopic (exact) mass is 321 g/mol. The molecule has 118 valence electrons. The van der Waals surface area contributed by atoms with Crippen molar-refractivity contribution in [3.8, 4) is 11.1 Å². The Morgan fingerprint density at radius 3 is 2.00 bits per heavy atom. The molecule has 2 aromatic carbocycles. The fourth-order valence-electron chi connectivity index (χ4n) is 3.63. The Hall–Kier alpha value is -1.76. The number of isothiocyanates is 1. The van der Waals surface area contributed by atoms with Gasteiger partial charge in [-0.05, 0) is 78.6 Å². The summed E-state index contributed by atoms with van der Waals surface area (Å²) in [5.41, 5.74) is 4.83. The lowest BCUT2D eigenvalue weighted by Gasteiger charge is -2.28. The van der Waals surface area contributed by atoms with Gasteiger partial charge in [-0.1, -0.05) is 49.7 Å². The zero-order valence-corrected chi connectivity index (χ0v) is 14.5. The van der Waals surface area contributed by atoms with Gasteiger partial charge in [0, 0.05) is 0 Å². The third kappa shape index (κ3) is 3.96. The smallest absolute Gasteiger partial charge is 0.0739 e. The van der Waals surface area contributed by atoms with Gasteiger partial charge in [-0.15, -0.1) is 0 Å². The molecule has 23 heavy (non-hydrogen) atoms. The van der Waals surface area contributed by atoms with Crippen molar-refractivity contribution >= 4 is 23.1 Å². The molecule has 0 atom stereocenters. The lowest BCUT2D eigenvalue weighted by atomic mass is 9.77. The lowest BCUT2D eigenvalue weighted by Crippen LogP contribution is -2.12. The van der Waals surface area contributed by atoms with Gasteiger partial charge in [0.1, 0.15) is 0 Å². The molecule has 0 amide bonds. The summed E-state index contributed by atoms with van der Waals surface area (Å²) in [5, 5.41) is 2.40. The molecule has 1 aliphatic rings. The number of hydrogen-bond donors (Lipinski definition) is 0. The van der Waals surface area contributed by atoms with Crippen LogP contribution >= 0.6 is 12.2 Å². The van der Waals surface area contributed by atoms with Gasteiger partial charge < -0.3 is 0 Å². The summed E-state index contributed by atoms with van der Waals surface area (Å²) in [4.78, 5) is 3.99. The molecule has 1 fully saturated rings. The van der Waals surface area contributed by atoms with Gasteiger partial charge >= 0.3 is 0 Å². The molecule has 1 nitrogen and oxygen atoms in total. The zero-order valence-electron chi connectivity index (χ0n) is 13.7. The summed E-state index contributed by atoms with van der Waals surface area (Å²) in [6.07, 6.45) is 6.83. The Morgan fingerprint density at radius 2 is 1.48 bits per heavy atom. The molecular weight excluding hydrogens is 298 g/mol. The van der Waals surface area contributed by atoms with Crippen molar-refractivity contribution < 1.29 is 0 Å². The second kappa shape index (κ2) is 7.68. The van der Waals surface area contributed by atoms with E-state index in [1.807, 2.05) is 12.1 Å². The molecule has 0 unspecified atom stereocenters. The van der Waals surface area contributed by atoms with E-state index in [2.05, 4.69) is 65.7 Å². The predicted octanol–water partition coefficient (Wildman–Crippen LogP) is 6.77. The van der Waals surface area contributed by atoms with Gasteiger partial charge in [-0.3, -0.25) is 0 Å². The summed E-state index contributed by atoms with van der Waals surface area (Å²) in [6.45, 7) is 2.32. The molecule has 1 saturated carbocycles. The van der Waals surface area contributed by atoms with Crippen LogP contribution in [0.5, 0.6) is 0 Å². The van der Waals surface area contributed by atoms with E-state index in [1.165, 1.54) is 48.8 Å². The fourth-order valence-corrected chi connectivity index (χ4v) is 3.74. The maximum absolute atomic E-state index is 4.63. The Morgan fingerprint density at radius 1 is 0.913 bits per heavy atom. The summed E-state index contributed by atoms with van der Waals surface area (Å²) < 4.78 is 0. The molecule has 0 bridgehead atoms. The normalized spacial score (nSPS) is 20.7. The van der Waals surface area contributed by atoms with Crippen molar-refractivity contribution in [2.24, 2.45) is 10.9 Å². The Balaban J connectivity index is 1.70. The van der Waals surface area contributed by atoms with Gasteiger partial charge in [0.2, 0.25) is 0 Å². The first kappa shape index (κ1) is 16.1. The molecule has 0 aromatic heterocycles. The van der Waals surface area contributed by atoms with Crippen molar-refractivity contribution in [1.29, 1.82) is 0 Å². The number of benzene rings is 2. The minimum Gasteiger partial charge on any atom is -0.195 e. The van der Waals surface area contributed by atoms with Crippen molar-refractivity contribution in [2.75, 3.05) is 0 Å². The van der Waals surface area contributed by atoms with Crippen LogP contribution in [0.4, 0.5) is 5.69 Å². The summed E-state index contributed by atoms with van der Waals surface area (Å²) in [5.74, 6) is 1.71. The first-order valence-electron chi connectivity index (χ1n) is 8.58. The molecule has 0 heterocycles. The summed E-state index contributed by atoms with van der Waals surface area (Å²) >= 11 is 4.63. The second-order valence-corrected chi connectivity index (χ2v) is 6.68. The van der Waals surface area contributed by atoms with Crippen molar-refractivity contribution in [1.82, 2.24) is 0 Å². The number of thiocarbonyl (C=S) groups is 1. The SMILES string of the molecule is CC[C@H]1CC[C@H](c2ccc(-c3ccc(N=C=S)cc3)cc2)CC1. The van der Waals surface area contributed by atoms with Crippen LogP contribution in [0, 0.1) is 5.92 Å². The second-order valence-electron chi connectivity index (χ2n) is 6.50. The van der Waals surface area contributed by atoms with E-state index in [4.69, 9.17) is 0 Å². The van der Waals surface area contributed by atoms with Crippen LogP contribution < -0.4 is 0 Å². The fraction of sp³-hybridized carbons (Fsp3) is 0.381. The first-order valence-corrected chi connectivity index (χ1v) is 8.99. The molecule has 2 heteroatoms. The highest BCUT2D eigenvalue weighted by Crippen LogP contribution is 2.37. The van der Waals surface area contributed by atoms with Crippen LogP contribution in [0.25, 0.3) is 11.1 Å². The molecule has 0 aliphatic heterocycles. The van der Waals surface area contributed by atoms with Gasteiger partial charge in [-0.2, -0.15) is 4.99 Å². The van der Waals surface area contributed by atoms with Crippen LogP contribution in [0.3, 0.4) is 0 Å². The molecule has 3 rings (SSSR count). The summed E-state index contributed by atoms with van der Waals surface area (Å²) in [6, 6.07) is 17.3. The van der Waals surface area contributed by atoms with E-state index in [0.717, 1.165) is 17.5 Å². The van der Waals surface area contributed by atoms with Crippen LogP contribution in [-0.2, 0) is 0 Å². The largest absolute Gasteiger partial charge is 0.195 e. The minimum absolute atomic E-state index is 0.756. The molecule has 0 N–H and O–H groups in total. The predicted molar refractivity (Wildman–Crippen MR) is 102 cm³/mol. The standard InChI is InChI=1S/C21H23NS/c1-2-16-3-5-17(6-4-16)18-7-9-19(10-8-18)20-11-13-21(14-12-20)22-15-23/h7-14,16-17H,2-6H2,1H3/t16-,17-. The number of nitrogens with zero attached hydrogens (tertiary/aromatic N) is 1. The highest BCUT2D eigenvalue weighted by atomic mass is 32.1. The molecule has 0 spiro atoms. The molecule has 1 aliphatic carbocycles. The lowest BCUT2D eigenvalue weighted by molar-refractivity contribution is 0.319. The third-order valence-corrected chi connectivity index (χ3v) is 5.27. The van der Waals surface area contributed by atoms with Crippen LogP contribution in [-0.4, -0.2) is 5.16 Å². The third-order valence-electron chi connectivity index (χ3n) is 5.18. The van der Waals surface area contributed by atoms with Crippen molar-refractivity contribution in [3.05, 3.63) is 54.1 Å². The number of rotatable bonds is 4. The Kier molecular flexibility index (Phi) is 5.38. The van der Waals surface area contributed by atoms with E-state index in [-0.39, 0.29) is 0 Å². The van der Waals surface area contributed by atoms with E-state index in [1.54, 1.807) is 0 Å². The number of aliphatic imine (C=N–C) groups is 1. The molecule has 0 radical (unpaired) electrons. The van der Waals surface area contributed by atoms with Crippen LogP contribution in [0.1, 0.15) is 50.5 Å². The van der Waals surface area contributed by atoms with E-state index in [0.29, 0.717) is 0 Å². The van der Waals surface area contributed by atoms with Crippen molar-refractivity contribution in [3.63, 3.8) is 0 Å². The highest BCUT2D eigenvalue weighted by molar-refractivity contribution is 7.78. The summed E-state index contributed by atoms with van der Waals surface area (Å²) in [7, 11) is 0. The zero-order chi connectivity index (χ0) is 16.1. The van der Waals surface area contributed by atoms with E-state index < -0.39 is 0 Å². The molecular formula is C21H23NS. The molecule has 2 aromatic rings. The Bertz CT molecular complexity index is 673. The van der Waals surface area contributed by atoms with Crippen molar-refractivity contribution in [2.45, 2.75) is 44.9 Å². The quantitative estimate of drug-likeness (QED) is 0.447. The van der Waals surface area contributed by atoms with Gasteiger partial charge in [0.15, 0.2) is 0 Å². The maximum atomic E-state index is 4.63. The van der Waals surface area contributed by atoms with E-state index >= 15 is 0 Å². The van der Waals surface area contributed by atoms with E-state index in [9.17, 15) is 0 Å². The Labute approximate surface area is 144 Å². The first-order chi connectivity index (χ1) is 11.3. The van der Waals surface area contributed by atoms with Gasteiger partial charge in [0.05, 0.1) is 10.8 Å². The topological polar surface area (TPSA) is 12.4 Å². The van der Waals surface area contributed by atoms with Crippen LogP contribution in [0.15, 0.2) is 53.5 Å². The highest BCUT2D eigenvalue weighted by Gasteiger charge is 2.21. The average molecular weight is 321 g/mol. The van der Waals surface area contributed by atoms with Crippen LogP contribution in [0.2, 0.25) is 0 Å². The van der Waals surface area contributed by atoms with Gasteiger partial charge in [-0.25, -0.2) is 0 Å². The van der Waals surface area contributed by atoms with Gasteiger partial charge in [0.25, 0.3) is 0 Å². The minimum atomic E-state index is 0.756. The number of hydrogen-bond acceptors (Lipinski definition) is 2. The maximum Gasteiger partial charge on any atom is 0.0739 e. The molecule has 0 saturated heterocycles.